The van der Waals surface area contributed by atoms with E-state index in [2.05, 4.69) is 130 Å². The standard InChI is InChI=1S/C39H31NOS2/c1-38(2)30-18-12-11-17-28(30)35(41)32(38)22-27-23-33-37(42-27)34-36(43-33)29-20-19-26(21-31(29)39(34,3)4)40(24-13-7-5-8-14-24)25-15-9-6-10-16-25/h5-23H,1-4H3/b32-22+. The second-order valence-electron chi connectivity index (χ2n) is 12.6. The van der Waals surface area contributed by atoms with Gasteiger partial charge in [0.25, 0.3) is 0 Å². The Kier molecular flexibility index (Phi) is 5.75. The first-order valence-electron chi connectivity index (χ1n) is 14.7. The number of hydrogen-bond donors (Lipinski definition) is 0. The van der Waals surface area contributed by atoms with Crippen molar-refractivity contribution in [3.05, 3.63) is 142 Å². The van der Waals surface area contributed by atoms with E-state index < -0.39 is 0 Å². The molecule has 2 aromatic heterocycles. The Morgan fingerprint density at radius 2 is 1.28 bits per heavy atom. The largest absolute Gasteiger partial charge is 0.310 e. The van der Waals surface area contributed by atoms with Gasteiger partial charge in [0, 0.05) is 53.5 Å². The molecule has 8 rings (SSSR count). The summed E-state index contributed by atoms with van der Waals surface area (Å²) >= 11 is 3.71. The number of allylic oxidation sites excluding steroid dienone is 1. The SMILES string of the molecule is CC1(C)/C(=C/c2cc3sc4c(c3s2)C(C)(C)c2cc(N(c3ccccc3)c3ccccc3)ccc2-4)C(=O)c2ccccc21. The number of rotatable bonds is 4. The fraction of sp³-hybridized carbons (Fsp3) is 0.154. The molecule has 4 aromatic carbocycles. The number of ketones is 1. The first kappa shape index (κ1) is 26.4. The summed E-state index contributed by atoms with van der Waals surface area (Å²) in [6.45, 7) is 9.06. The molecule has 210 valence electrons. The van der Waals surface area contributed by atoms with Gasteiger partial charge in [0.2, 0.25) is 0 Å². The Bertz CT molecular complexity index is 2050. The first-order valence-corrected chi connectivity index (χ1v) is 16.4. The molecule has 2 aliphatic carbocycles. The first-order chi connectivity index (χ1) is 20.7. The van der Waals surface area contributed by atoms with Gasteiger partial charge in [-0.25, -0.2) is 0 Å². The Hall–Kier alpha value is -4.25. The number of thiophene rings is 2. The number of carbonyl (C=O) groups is 1. The minimum atomic E-state index is -0.303. The van der Waals surface area contributed by atoms with Crippen molar-refractivity contribution in [3.8, 4) is 10.4 Å². The van der Waals surface area contributed by atoms with Crippen molar-refractivity contribution >= 4 is 61.0 Å². The van der Waals surface area contributed by atoms with Gasteiger partial charge in [0.15, 0.2) is 5.78 Å². The molecule has 4 heteroatoms. The molecule has 0 spiro atoms. The quantitative estimate of drug-likeness (QED) is 0.190. The lowest BCUT2D eigenvalue weighted by atomic mass is 9.82. The summed E-state index contributed by atoms with van der Waals surface area (Å²) in [5.41, 5.74) is 9.95. The maximum absolute atomic E-state index is 13.4. The van der Waals surface area contributed by atoms with Crippen LogP contribution in [0.25, 0.3) is 25.9 Å². The van der Waals surface area contributed by atoms with Gasteiger partial charge in [0.05, 0.1) is 4.70 Å². The van der Waals surface area contributed by atoms with Gasteiger partial charge >= 0.3 is 0 Å². The van der Waals surface area contributed by atoms with Crippen LogP contribution in [-0.4, -0.2) is 5.78 Å². The molecule has 0 N–H and O–H groups in total. The summed E-state index contributed by atoms with van der Waals surface area (Å²) in [7, 11) is 0. The molecule has 0 atom stereocenters. The molecule has 0 radical (unpaired) electrons. The number of nitrogens with zero attached hydrogens (tertiary/aromatic N) is 1. The molecule has 2 aliphatic rings. The third kappa shape index (κ3) is 3.86. The summed E-state index contributed by atoms with van der Waals surface area (Å²) in [4.78, 5) is 18.3. The normalized spacial score (nSPS) is 16.8. The van der Waals surface area contributed by atoms with Gasteiger partial charge < -0.3 is 4.90 Å². The summed E-state index contributed by atoms with van der Waals surface area (Å²) in [5.74, 6) is 0.157. The average molecular weight is 594 g/mol. The molecular formula is C39H31NOS2. The highest BCUT2D eigenvalue weighted by molar-refractivity contribution is 7.30. The van der Waals surface area contributed by atoms with Crippen LogP contribution in [0.4, 0.5) is 17.1 Å². The van der Waals surface area contributed by atoms with Gasteiger partial charge in [-0.1, -0.05) is 94.4 Å². The maximum atomic E-state index is 13.4. The van der Waals surface area contributed by atoms with Gasteiger partial charge in [-0.15, -0.1) is 22.7 Å². The lowest BCUT2D eigenvalue weighted by Crippen LogP contribution is -2.16. The lowest BCUT2D eigenvalue weighted by molar-refractivity contribution is 0.103. The highest BCUT2D eigenvalue weighted by atomic mass is 32.1. The highest BCUT2D eigenvalue weighted by Crippen LogP contribution is 2.58. The summed E-state index contributed by atoms with van der Waals surface area (Å²) in [6, 6.07) is 38.5. The third-order valence-electron chi connectivity index (χ3n) is 9.27. The zero-order valence-corrected chi connectivity index (χ0v) is 26.3. The van der Waals surface area contributed by atoms with Crippen LogP contribution in [0.15, 0.2) is 115 Å². The zero-order valence-electron chi connectivity index (χ0n) is 24.6. The van der Waals surface area contributed by atoms with Crippen LogP contribution >= 0.6 is 22.7 Å². The third-order valence-corrected chi connectivity index (χ3v) is 11.7. The van der Waals surface area contributed by atoms with Crippen LogP contribution in [0.5, 0.6) is 0 Å². The van der Waals surface area contributed by atoms with E-state index in [-0.39, 0.29) is 16.6 Å². The second kappa shape index (κ2) is 9.37. The molecule has 0 saturated heterocycles. The molecule has 6 aromatic rings. The van der Waals surface area contributed by atoms with Crippen LogP contribution in [0, 0.1) is 0 Å². The van der Waals surface area contributed by atoms with Crippen LogP contribution in [0.3, 0.4) is 0 Å². The van der Waals surface area contributed by atoms with Gasteiger partial charge in [-0.2, -0.15) is 0 Å². The minimum Gasteiger partial charge on any atom is -0.310 e. The van der Waals surface area contributed by atoms with E-state index in [0.717, 1.165) is 38.6 Å². The highest BCUT2D eigenvalue weighted by Gasteiger charge is 2.42. The summed E-state index contributed by atoms with van der Waals surface area (Å²) < 4.78 is 2.65. The average Bonchev–Trinajstić information content (AvgIpc) is 3.68. The lowest BCUT2D eigenvalue weighted by Gasteiger charge is -2.28. The van der Waals surface area contributed by atoms with Crippen molar-refractivity contribution in [1.82, 2.24) is 0 Å². The number of Topliss-reactive ketones (excluding diaryl/α,β-unsaturated/α-hetero) is 1. The van der Waals surface area contributed by atoms with Crippen molar-refractivity contribution in [2.24, 2.45) is 0 Å². The topological polar surface area (TPSA) is 20.3 Å². The van der Waals surface area contributed by atoms with E-state index >= 15 is 0 Å². The second-order valence-corrected chi connectivity index (χ2v) is 14.7. The Morgan fingerprint density at radius 3 is 1.95 bits per heavy atom. The molecule has 43 heavy (non-hydrogen) atoms. The van der Waals surface area contributed by atoms with Crippen LogP contribution in [0.1, 0.15) is 59.6 Å². The van der Waals surface area contributed by atoms with Gasteiger partial charge in [0.1, 0.15) is 0 Å². The number of anilines is 3. The molecule has 0 saturated carbocycles. The van der Waals surface area contributed by atoms with Crippen LogP contribution < -0.4 is 4.90 Å². The Balaban J connectivity index is 1.21. The Labute approximate surface area is 260 Å². The monoisotopic (exact) mass is 593 g/mol. The van der Waals surface area contributed by atoms with E-state index in [4.69, 9.17) is 0 Å². The molecule has 0 bridgehead atoms. The molecule has 0 fully saturated rings. The summed E-state index contributed by atoms with van der Waals surface area (Å²) in [6.07, 6.45) is 2.15. The maximum Gasteiger partial charge on any atom is 0.190 e. The van der Waals surface area contributed by atoms with Gasteiger partial charge in [-0.05, 0) is 70.8 Å². The number of hydrogen-bond acceptors (Lipinski definition) is 4. The number of para-hydroxylation sites is 2. The number of carbonyl (C=O) groups excluding carboxylic acids is 1. The fourth-order valence-electron chi connectivity index (χ4n) is 7.05. The Morgan fingerprint density at radius 1 is 0.628 bits per heavy atom. The minimum absolute atomic E-state index is 0.147. The predicted molar refractivity (Wildman–Crippen MR) is 184 cm³/mol. The van der Waals surface area contributed by atoms with Crippen molar-refractivity contribution in [1.29, 1.82) is 0 Å². The summed E-state index contributed by atoms with van der Waals surface area (Å²) in [5, 5.41) is 0. The van der Waals surface area contributed by atoms with Crippen LogP contribution in [-0.2, 0) is 10.8 Å². The molecule has 0 amide bonds. The zero-order chi connectivity index (χ0) is 29.5. The van der Waals surface area contributed by atoms with E-state index in [1.807, 2.05) is 40.9 Å². The molecule has 2 heterocycles. The van der Waals surface area contributed by atoms with E-state index in [9.17, 15) is 4.79 Å². The molecule has 0 unspecified atom stereocenters. The van der Waals surface area contributed by atoms with Crippen molar-refractivity contribution in [2.75, 3.05) is 4.90 Å². The van der Waals surface area contributed by atoms with Crippen molar-refractivity contribution < 1.29 is 4.79 Å². The van der Waals surface area contributed by atoms with Crippen molar-refractivity contribution in [2.45, 2.75) is 38.5 Å². The van der Waals surface area contributed by atoms with Crippen molar-refractivity contribution in [3.63, 3.8) is 0 Å². The molecular weight excluding hydrogens is 563 g/mol. The predicted octanol–water partition coefficient (Wildman–Crippen LogP) is 11.3. The number of fused-ring (bicyclic) bond motifs is 6. The smallest absolute Gasteiger partial charge is 0.190 e. The van der Waals surface area contributed by atoms with E-state index in [1.165, 1.54) is 31.0 Å². The van der Waals surface area contributed by atoms with Gasteiger partial charge in [-0.3, -0.25) is 4.79 Å². The molecule has 2 nitrogen and oxygen atoms in total. The van der Waals surface area contributed by atoms with Crippen LogP contribution in [0.2, 0.25) is 0 Å². The van der Waals surface area contributed by atoms with E-state index in [0.29, 0.717) is 0 Å². The fourth-order valence-corrected chi connectivity index (χ4v) is 9.99. The molecule has 0 aliphatic heterocycles. The van der Waals surface area contributed by atoms with E-state index in [1.54, 1.807) is 0 Å². The number of benzene rings is 4.